The summed E-state index contributed by atoms with van der Waals surface area (Å²) in [5.74, 6) is -0.685. The Kier molecular flexibility index (Phi) is 8.60. The van der Waals surface area contributed by atoms with Crippen LogP contribution in [0.15, 0.2) is 18.2 Å². The van der Waals surface area contributed by atoms with Gasteiger partial charge in [0.2, 0.25) is 15.9 Å². The van der Waals surface area contributed by atoms with Crippen molar-refractivity contribution in [2.24, 2.45) is 0 Å². The maximum Gasteiger partial charge on any atom is 0.324 e. The zero-order valence-electron chi connectivity index (χ0n) is 17.8. The molecule has 0 aromatic heterocycles. The lowest BCUT2D eigenvalue weighted by Crippen LogP contribution is -2.30. The van der Waals surface area contributed by atoms with Crippen molar-refractivity contribution in [3.05, 3.63) is 29.6 Å². The normalized spacial score (nSPS) is 15.4. The zero-order valence-corrected chi connectivity index (χ0v) is 18.6. The molecule has 1 heterocycles. The van der Waals surface area contributed by atoms with Crippen molar-refractivity contribution in [1.82, 2.24) is 14.9 Å². The smallest absolute Gasteiger partial charge is 0.324 e. The van der Waals surface area contributed by atoms with Crippen LogP contribution in [0.25, 0.3) is 0 Å². The fourth-order valence-corrected chi connectivity index (χ4v) is 4.76. The lowest BCUT2D eigenvalue weighted by Gasteiger charge is -2.22. The van der Waals surface area contributed by atoms with E-state index in [0.717, 1.165) is 6.42 Å². The number of carbonyl (C=O) groups is 2. The number of imide groups is 1. The van der Waals surface area contributed by atoms with Crippen LogP contribution < -0.4 is 14.9 Å². The number of anilines is 1. The fraction of sp³-hybridized carbons (Fsp3) is 0.600. The maximum absolute atomic E-state index is 14.1. The maximum atomic E-state index is 14.1. The van der Waals surface area contributed by atoms with E-state index < -0.39 is 22.1 Å². The monoisotopic (exact) mass is 442 g/mol. The molecule has 1 fully saturated rings. The van der Waals surface area contributed by atoms with Gasteiger partial charge in [-0.05, 0) is 43.9 Å². The highest BCUT2D eigenvalue weighted by Gasteiger charge is 2.25. The molecule has 1 aromatic rings. The number of hydrogen-bond donors (Lipinski definition) is 2. The van der Waals surface area contributed by atoms with Crippen LogP contribution in [-0.2, 0) is 14.8 Å². The van der Waals surface area contributed by atoms with Crippen LogP contribution in [0.4, 0.5) is 14.9 Å². The van der Waals surface area contributed by atoms with Gasteiger partial charge < -0.3 is 9.80 Å². The molecule has 2 rings (SSSR count). The molecule has 30 heavy (non-hydrogen) atoms. The number of carbonyl (C=O) groups excluding carboxylic acids is 2. The minimum absolute atomic E-state index is 0.0355. The number of nitrogens with zero attached hydrogens (tertiary/aromatic N) is 2. The van der Waals surface area contributed by atoms with Crippen LogP contribution in [0.1, 0.15) is 51.1 Å². The SMILES string of the molecule is CCCN(C)c1cc([C@@H](C)NS(=O)(=O)CCCCCN2CC(=O)NC2=O)ccc1F. The summed E-state index contributed by atoms with van der Waals surface area (Å²) in [6.07, 6.45) is 2.56. The van der Waals surface area contributed by atoms with Crippen molar-refractivity contribution < 1.29 is 22.4 Å². The van der Waals surface area contributed by atoms with Crippen molar-refractivity contribution in [1.29, 1.82) is 0 Å². The molecule has 1 aromatic carbocycles. The Balaban J connectivity index is 1.82. The average molecular weight is 443 g/mol. The molecular formula is C20H31FN4O4S. The Morgan fingerprint density at radius 2 is 2.00 bits per heavy atom. The van der Waals surface area contributed by atoms with Crippen molar-refractivity contribution >= 4 is 27.6 Å². The van der Waals surface area contributed by atoms with Crippen LogP contribution in [0.2, 0.25) is 0 Å². The number of halogens is 1. The van der Waals surface area contributed by atoms with Gasteiger partial charge in [0.25, 0.3) is 0 Å². The Bertz CT molecular complexity index is 862. The molecule has 2 N–H and O–H groups in total. The lowest BCUT2D eigenvalue weighted by atomic mass is 10.1. The topological polar surface area (TPSA) is 98.8 Å². The molecule has 1 aliphatic rings. The van der Waals surface area contributed by atoms with Gasteiger partial charge in [0.05, 0.1) is 11.4 Å². The van der Waals surface area contributed by atoms with Crippen molar-refractivity contribution in [2.75, 3.05) is 37.3 Å². The van der Waals surface area contributed by atoms with E-state index >= 15 is 0 Å². The molecule has 8 nitrogen and oxygen atoms in total. The number of nitrogens with one attached hydrogen (secondary N) is 2. The van der Waals surface area contributed by atoms with Gasteiger partial charge in [-0.2, -0.15) is 0 Å². The zero-order chi connectivity index (χ0) is 22.3. The van der Waals surface area contributed by atoms with Crippen molar-refractivity contribution in [3.63, 3.8) is 0 Å². The minimum Gasteiger partial charge on any atom is -0.372 e. The van der Waals surface area contributed by atoms with E-state index in [2.05, 4.69) is 10.0 Å². The molecule has 168 valence electrons. The van der Waals surface area contributed by atoms with E-state index in [1.807, 2.05) is 18.9 Å². The first-order valence-electron chi connectivity index (χ1n) is 10.2. The van der Waals surface area contributed by atoms with Crippen molar-refractivity contribution in [2.45, 2.75) is 45.6 Å². The van der Waals surface area contributed by atoms with Crippen LogP contribution >= 0.6 is 0 Å². The highest BCUT2D eigenvalue weighted by Crippen LogP contribution is 2.24. The first-order chi connectivity index (χ1) is 14.1. The van der Waals surface area contributed by atoms with Crippen LogP contribution in [0.3, 0.4) is 0 Å². The summed E-state index contributed by atoms with van der Waals surface area (Å²) in [4.78, 5) is 25.8. The Hall–Kier alpha value is -2.20. The molecule has 1 atom stereocenters. The number of unbranched alkanes of at least 4 members (excludes halogenated alkanes) is 2. The number of hydrogen-bond acceptors (Lipinski definition) is 5. The van der Waals surface area contributed by atoms with Gasteiger partial charge >= 0.3 is 6.03 Å². The van der Waals surface area contributed by atoms with Gasteiger partial charge in [0.15, 0.2) is 0 Å². The van der Waals surface area contributed by atoms with E-state index in [0.29, 0.717) is 43.6 Å². The number of sulfonamides is 1. The first-order valence-corrected chi connectivity index (χ1v) is 11.9. The molecular weight excluding hydrogens is 411 g/mol. The number of rotatable bonds is 12. The van der Waals surface area contributed by atoms with Gasteiger partial charge in [-0.15, -0.1) is 0 Å². The summed E-state index contributed by atoms with van der Waals surface area (Å²) in [7, 11) is -1.70. The lowest BCUT2D eigenvalue weighted by molar-refractivity contribution is -0.118. The predicted molar refractivity (Wildman–Crippen MR) is 114 cm³/mol. The largest absolute Gasteiger partial charge is 0.372 e. The van der Waals surface area contributed by atoms with E-state index in [1.165, 1.54) is 11.0 Å². The second-order valence-corrected chi connectivity index (χ2v) is 9.50. The molecule has 0 radical (unpaired) electrons. The summed E-state index contributed by atoms with van der Waals surface area (Å²) >= 11 is 0. The Morgan fingerprint density at radius 1 is 1.27 bits per heavy atom. The summed E-state index contributed by atoms with van der Waals surface area (Å²) in [5, 5.41) is 2.21. The third-order valence-corrected chi connectivity index (χ3v) is 6.54. The van der Waals surface area contributed by atoms with E-state index in [-0.39, 0.29) is 24.0 Å². The highest BCUT2D eigenvalue weighted by atomic mass is 32.2. The average Bonchev–Trinajstić information content (AvgIpc) is 2.98. The molecule has 0 spiro atoms. The molecule has 0 unspecified atom stereocenters. The fourth-order valence-electron chi connectivity index (χ4n) is 3.38. The van der Waals surface area contributed by atoms with Gasteiger partial charge in [0, 0.05) is 26.2 Å². The molecule has 1 aliphatic heterocycles. The Labute approximate surface area is 177 Å². The van der Waals surface area contributed by atoms with Crippen molar-refractivity contribution in [3.8, 4) is 0 Å². The molecule has 0 saturated carbocycles. The van der Waals surface area contributed by atoms with Gasteiger partial charge in [-0.3, -0.25) is 10.1 Å². The van der Waals surface area contributed by atoms with Gasteiger partial charge in [0.1, 0.15) is 12.4 Å². The number of benzene rings is 1. The second kappa shape index (κ2) is 10.7. The first kappa shape index (κ1) is 24.1. The minimum atomic E-state index is -3.51. The van der Waals surface area contributed by atoms with Crippen LogP contribution in [0.5, 0.6) is 0 Å². The van der Waals surface area contributed by atoms with Crippen LogP contribution in [0, 0.1) is 5.82 Å². The standard InChI is InChI=1S/C20H31FN4O4S/c1-4-10-24(3)18-13-16(8-9-17(18)21)15(2)23-30(28,29)12-7-5-6-11-25-14-19(26)22-20(25)27/h8-9,13,15,23H,4-7,10-12,14H2,1-3H3,(H,22,26,27)/t15-/m1/s1. The highest BCUT2D eigenvalue weighted by molar-refractivity contribution is 7.89. The third kappa shape index (κ3) is 6.94. The quantitative estimate of drug-likeness (QED) is 0.383. The summed E-state index contributed by atoms with van der Waals surface area (Å²) in [6.45, 7) is 4.92. The molecule has 0 bridgehead atoms. The number of amides is 3. The summed E-state index contributed by atoms with van der Waals surface area (Å²) in [6, 6.07) is 3.75. The van der Waals surface area contributed by atoms with E-state index in [1.54, 1.807) is 19.1 Å². The Morgan fingerprint density at radius 3 is 2.63 bits per heavy atom. The van der Waals surface area contributed by atoms with Gasteiger partial charge in [-0.25, -0.2) is 22.3 Å². The van der Waals surface area contributed by atoms with Crippen LogP contribution in [-0.4, -0.2) is 57.7 Å². The molecule has 1 saturated heterocycles. The summed E-state index contributed by atoms with van der Waals surface area (Å²) in [5.41, 5.74) is 1.15. The van der Waals surface area contributed by atoms with E-state index in [4.69, 9.17) is 0 Å². The second-order valence-electron chi connectivity index (χ2n) is 7.63. The third-order valence-electron chi connectivity index (χ3n) is 5.01. The predicted octanol–water partition coefficient (Wildman–Crippen LogP) is 2.37. The van der Waals surface area contributed by atoms with Gasteiger partial charge in [-0.1, -0.05) is 19.4 Å². The molecule has 10 heteroatoms. The molecule has 3 amide bonds. The summed E-state index contributed by atoms with van der Waals surface area (Å²) < 4.78 is 41.6. The number of urea groups is 1. The molecule has 0 aliphatic carbocycles. The van der Waals surface area contributed by atoms with E-state index in [9.17, 15) is 22.4 Å².